The van der Waals surface area contributed by atoms with E-state index in [1.165, 1.54) is 78.9 Å². The Labute approximate surface area is 461 Å². The summed E-state index contributed by atoms with van der Waals surface area (Å²) >= 11 is 0. The van der Waals surface area contributed by atoms with Gasteiger partial charge in [-0.1, -0.05) is 103 Å². The van der Waals surface area contributed by atoms with E-state index < -0.39 is 108 Å². The highest BCUT2D eigenvalue weighted by Gasteiger charge is 2.63. The molecule has 0 aliphatic carbocycles. The zero-order valence-electron chi connectivity index (χ0n) is 43.4. The van der Waals surface area contributed by atoms with E-state index in [2.05, 4.69) is 0 Å². The Balaban J connectivity index is 1.20. The molecule has 0 radical (unpaired) electrons. The number of ether oxygens (including phenoxy) is 10. The Bertz CT molecular complexity index is 3680. The van der Waals surface area contributed by atoms with Gasteiger partial charge < -0.3 is 51.8 Å². The van der Waals surface area contributed by atoms with Gasteiger partial charge in [0.05, 0.1) is 22.3 Å². The van der Waals surface area contributed by atoms with E-state index in [1.807, 2.05) is 30.3 Å². The molecule has 19 nitrogen and oxygen atoms in total. The van der Waals surface area contributed by atoms with Gasteiger partial charge in [0.15, 0.2) is 30.0 Å². The van der Waals surface area contributed by atoms with Crippen LogP contribution in [0.1, 0.15) is 67.8 Å². The summed E-state index contributed by atoms with van der Waals surface area (Å²) < 4.78 is 66.6. The fourth-order valence-corrected chi connectivity index (χ4v) is 8.53. The summed E-state index contributed by atoms with van der Waals surface area (Å²) in [5.74, 6) is -11.0. The van der Waals surface area contributed by atoms with Gasteiger partial charge in [-0.2, -0.15) is 0 Å². The van der Waals surface area contributed by atoms with Crippen molar-refractivity contribution in [2.75, 3.05) is 13.2 Å². The maximum Gasteiger partial charge on any atom is 0.338 e. The first-order valence-corrected chi connectivity index (χ1v) is 25.0. The van der Waals surface area contributed by atoms with Crippen LogP contribution in [0.25, 0.3) is 22.3 Å². The van der Waals surface area contributed by atoms with Gasteiger partial charge in [0, 0.05) is 38.5 Å². The van der Waals surface area contributed by atoms with Crippen LogP contribution < -0.4 is 29.1 Å². The van der Waals surface area contributed by atoms with Crippen LogP contribution in [0.2, 0.25) is 0 Å². The molecular formula is C62H48O19. The van der Waals surface area contributed by atoms with E-state index in [9.17, 15) is 38.4 Å². The van der Waals surface area contributed by atoms with Crippen molar-refractivity contribution in [2.24, 2.45) is 0 Å². The first-order chi connectivity index (χ1) is 39.1. The molecule has 0 spiro atoms. The Morgan fingerprint density at radius 2 is 1.02 bits per heavy atom. The minimum Gasteiger partial charge on any atom is -0.489 e. The van der Waals surface area contributed by atoms with Crippen LogP contribution in [0.15, 0.2) is 191 Å². The highest BCUT2D eigenvalue weighted by molar-refractivity contribution is 5.93. The van der Waals surface area contributed by atoms with Crippen molar-refractivity contribution in [3.8, 4) is 40.1 Å². The average Bonchev–Trinajstić information content (AvgIpc) is 3.77. The Kier molecular flexibility index (Phi) is 17.0. The van der Waals surface area contributed by atoms with Gasteiger partial charge in [0.25, 0.3) is 5.79 Å². The largest absolute Gasteiger partial charge is 0.489 e. The van der Waals surface area contributed by atoms with Crippen molar-refractivity contribution in [1.82, 2.24) is 0 Å². The van der Waals surface area contributed by atoms with Gasteiger partial charge in [0.1, 0.15) is 41.8 Å². The molecule has 0 unspecified atom stereocenters. The molecule has 410 valence electrons. The third kappa shape index (κ3) is 13.3. The number of carbonyl (C=O) groups is 7. The van der Waals surface area contributed by atoms with E-state index in [0.29, 0.717) is 0 Å². The summed E-state index contributed by atoms with van der Waals surface area (Å²) in [5.41, 5.74) is -0.167. The maximum absolute atomic E-state index is 14.6. The van der Waals surface area contributed by atoms with Crippen LogP contribution in [0.4, 0.5) is 0 Å². The molecule has 0 bridgehead atoms. The summed E-state index contributed by atoms with van der Waals surface area (Å²) in [6, 6.07) is 46.6. The Morgan fingerprint density at radius 1 is 0.519 bits per heavy atom. The van der Waals surface area contributed by atoms with Crippen molar-refractivity contribution in [1.29, 1.82) is 0 Å². The molecule has 81 heavy (non-hydrogen) atoms. The standard InChI is InChI=1S/C62H48O19/c1-37(63)74-48-31-45(54-56(76-39(3)65)53(66)52-49(75-38(2)64)32-46(33-50(52)77-54)71-34-40-19-9-4-10-20-40)29-30-47(48)80-62(36-73-59(68)42-23-13-6-14-24-42)57(79-61(70)44-27-17-8-18-28-44)55(78-60(69)43-25-15-7-16-26-43)51(81-62)35-72-58(67)41-21-11-5-12-22-41/h4-33,51,55,57H,34-36H2,1-3H3/t51-,55-,57+,62+/m1/s1. The molecule has 7 aromatic carbocycles. The number of fused-ring (bicyclic) bond motifs is 1. The highest BCUT2D eigenvalue weighted by atomic mass is 16.8. The lowest BCUT2D eigenvalue weighted by atomic mass is 10.0. The fourth-order valence-electron chi connectivity index (χ4n) is 8.53. The molecule has 1 saturated heterocycles. The summed E-state index contributed by atoms with van der Waals surface area (Å²) in [4.78, 5) is 109. The minimum absolute atomic E-state index is 0.0139. The first kappa shape index (κ1) is 55.4. The second kappa shape index (κ2) is 24.9. The molecule has 0 saturated carbocycles. The monoisotopic (exact) mass is 1100 g/mol. The van der Waals surface area contributed by atoms with E-state index >= 15 is 0 Å². The predicted octanol–water partition coefficient (Wildman–Crippen LogP) is 9.45. The number of esters is 7. The van der Waals surface area contributed by atoms with E-state index in [4.69, 9.17) is 51.8 Å². The normalized spacial score (nSPS) is 16.3. The molecule has 2 heterocycles. The van der Waals surface area contributed by atoms with Gasteiger partial charge in [-0.05, 0) is 72.3 Å². The summed E-state index contributed by atoms with van der Waals surface area (Å²) in [5, 5.41) is -0.301. The quantitative estimate of drug-likeness (QED) is 0.0416. The summed E-state index contributed by atoms with van der Waals surface area (Å²) in [6.07, 6.45) is -5.26. The zero-order valence-corrected chi connectivity index (χ0v) is 43.4. The SMILES string of the molecule is CC(=O)Oc1cc(-c2oc3cc(OCc4ccccc4)cc(OC(C)=O)c3c(=O)c2OC(C)=O)ccc1O[C@@]1(COC(=O)c2ccccc2)O[C@H](COC(=O)c2ccccc2)[C@@H](OC(=O)c2ccccc2)[C@@H]1OC(=O)c1ccccc1. The number of rotatable bonds is 19. The minimum atomic E-state index is -2.61. The topological polar surface area (TPSA) is 242 Å². The third-order valence-corrected chi connectivity index (χ3v) is 12.1. The van der Waals surface area contributed by atoms with Crippen LogP contribution in [0, 0.1) is 0 Å². The van der Waals surface area contributed by atoms with Crippen molar-refractivity contribution >= 4 is 52.8 Å². The van der Waals surface area contributed by atoms with E-state index in [-0.39, 0.29) is 56.9 Å². The first-order valence-electron chi connectivity index (χ1n) is 25.0. The molecule has 9 rings (SSSR count). The van der Waals surface area contributed by atoms with Crippen molar-refractivity contribution in [3.63, 3.8) is 0 Å². The Morgan fingerprint density at radius 3 is 1.58 bits per heavy atom. The molecule has 1 aliphatic rings. The van der Waals surface area contributed by atoms with Gasteiger partial charge in [-0.25, -0.2) is 19.2 Å². The predicted molar refractivity (Wildman–Crippen MR) is 286 cm³/mol. The lowest BCUT2D eigenvalue weighted by Crippen LogP contribution is -2.54. The summed E-state index contributed by atoms with van der Waals surface area (Å²) in [7, 11) is 0. The van der Waals surface area contributed by atoms with Crippen molar-refractivity contribution < 1.29 is 85.3 Å². The zero-order chi connectivity index (χ0) is 57.0. The van der Waals surface area contributed by atoms with Crippen molar-refractivity contribution in [2.45, 2.75) is 51.5 Å². The second-order valence-electron chi connectivity index (χ2n) is 18.0. The summed E-state index contributed by atoms with van der Waals surface area (Å²) in [6.45, 7) is 1.62. The molecule has 0 amide bonds. The van der Waals surface area contributed by atoms with Crippen LogP contribution in [0.3, 0.4) is 0 Å². The third-order valence-electron chi connectivity index (χ3n) is 12.1. The second-order valence-corrected chi connectivity index (χ2v) is 18.0. The molecule has 1 fully saturated rings. The number of benzene rings is 7. The fraction of sp³-hybridized carbons (Fsp3) is 0.161. The van der Waals surface area contributed by atoms with E-state index in [1.54, 1.807) is 72.8 Å². The number of hydrogen-bond acceptors (Lipinski definition) is 19. The van der Waals surface area contributed by atoms with Crippen molar-refractivity contribution in [3.05, 3.63) is 220 Å². The van der Waals surface area contributed by atoms with Crippen LogP contribution >= 0.6 is 0 Å². The number of hydrogen-bond donors (Lipinski definition) is 0. The molecule has 1 aromatic heterocycles. The molecule has 19 heteroatoms. The maximum atomic E-state index is 14.6. The lowest BCUT2D eigenvalue weighted by Gasteiger charge is -2.34. The van der Waals surface area contributed by atoms with Crippen LogP contribution in [-0.2, 0) is 44.7 Å². The smallest absolute Gasteiger partial charge is 0.338 e. The highest BCUT2D eigenvalue weighted by Crippen LogP contribution is 2.45. The lowest BCUT2D eigenvalue weighted by molar-refractivity contribution is -0.231. The van der Waals surface area contributed by atoms with Gasteiger partial charge >= 0.3 is 41.8 Å². The molecular weight excluding hydrogens is 1050 g/mol. The molecule has 4 atom stereocenters. The van der Waals surface area contributed by atoms with Crippen LogP contribution in [0.5, 0.6) is 28.7 Å². The average molecular weight is 1100 g/mol. The number of carbonyl (C=O) groups excluding carboxylic acids is 7. The van der Waals surface area contributed by atoms with Gasteiger partial charge in [0.2, 0.25) is 17.3 Å². The molecule has 1 aliphatic heterocycles. The van der Waals surface area contributed by atoms with E-state index in [0.717, 1.165) is 26.3 Å². The van der Waals surface area contributed by atoms with Gasteiger partial charge in [-0.3, -0.25) is 19.2 Å². The van der Waals surface area contributed by atoms with Crippen LogP contribution in [-0.4, -0.2) is 79.1 Å². The van der Waals surface area contributed by atoms with Gasteiger partial charge in [-0.15, -0.1) is 0 Å². The Hall–Kier alpha value is -10.4. The molecule has 0 N–H and O–H groups in total. The molecule has 8 aromatic rings.